The fourth-order valence-corrected chi connectivity index (χ4v) is 4.64. The van der Waals surface area contributed by atoms with Gasteiger partial charge in [0.05, 0.1) is 17.1 Å². The highest BCUT2D eigenvalue weighted by atomic mass is 32.2. The summed E-state index contributed by atoms with van der Waals surface area (Å²) >= 11 is 0. The first-order chi connectivity index (χ1) is 16.5. The highest BCUT2D eigenvalue weighted by Crippen LogP contribution is 2.37. The number of benzene rings is 4. The van der Waals surface area contributed by atoms with Crippen LogP contribution in [0.25, 0.3) is 10.8 Å². The van der Waals surface area contributed by atoms with Crippen LogP contribution in [0, 0.1) is 0 Å². The molecule has 0 aromatic heterocycles. The van der Waals surface area contributed by atoms with Gasteiger partial charge in [-0.3, -0.25) is 9.11 Å². The third-order valence-corrected chi connectivity index (χ3v) is 6.59. The smallest absolute Gasteiger partial charge is 0.296 e. The molecule has 0 aliphatic carbocycles. The first kappa shape index (κ1) is 24.1. The SMILES string of the molecule is Nc1ccc(/N=N/c2ccc(/N=N/c3ccccc3)cc2S(=O)(=O)O)c2cccc(S(=O)(=O)O)c12. The van der Waals surface area contributed by atoms with E-state index in [1.807, 2.05) is 6.07 Å². The second kappa shape index (κ2) is 9.31. The van der Waals surface area contributed by atoms with Crippen molar-refractivity contribution in [3.63, 3.8) is 0 Å². The van der Waals surface area contributed by atoms with Gasteiger partial charge in [-0.15, -0.1) is 10.2 Å². The minimum atomic E-state index is -4.71. The van der Waals surface area contributed by atoms with Crippen LogP contribution in [-0.4, -0.2) is 25.9 Å². The fraction of sp³-hybridized carbons (Fsp3) is 0. The van der Waals surface area contributed by atoms with E-state index in [2.05, 4.69) is 20.5 Å². The minimum Gasteiger partial charge on any atom is -0.398 e. The molecular formula is C22H17N5O6S2. The lowest BCUT2D eigenvalue weighted by Crippen LogP contribution is -2.01. The topological polar surface area (TPSA) is 184 Å². The predicted octanol–water partition coefficient (Wildman–Crippen LogP) is 5.75. The Kier molecular flexibility index (Phi) is 6.41. The zero-order valence-electron chi connectivity index (χ0n) is 17.7. The molecule has 4 aromatic rings. The van der Waals surface area contributed by atoms with Crippen LogP contribution in [0.3, 0.4) is 0 Å². The van der Waals surface area contributed by atoms with E-state index in [0.717, 1.165) is 6.07 Å². The van der Waals surface area contributed by atoms with Gasteiger partial charge in [0, 0.05) is 16.5 Å². The summed E-state index contributed by atoms with van der Waals surface area (Å²) in [6.45, 7) is 0. The average molecular weight is 512 g/mol. The van der Waals surface area contributed by atoms with Crippen LogP contribution >= 0.6 is 0 Å². The van der Waals surface area contributed by atoms with Gasteiger partial charge in [-0.05, 0) is 48.5 Å². The molecule has 4 N–H and O–H groups in total. The summed E-state index contributed by atoms with van der Waals surface area (Å²) in [5.74, 6) is 0. The Hall–Kier alpha value is -4.04. The normalized spacial score (nSPS) is 12.6. The van der Waals surface area contributed by atoms with Crippen LogP contribution in [0.1, 0.15) is 0 Å². The van der Waals surface area contributed by atoms with Gasteiger partial charge in [-0.2, -0.15) is 27.1 Å². The molecule has 4 aromatic carbocycles. The number of rotatable bonds is 6. The molecule has 0 unspecified atom stereocenters. The lowest BCUT2D eigenvalue weighted by Gasteiger charge is -2.09. The second-order valence-electron chi connectivity index (χ2n) is 7.19. The van der Waals surface area contributed by atoms with E-state index < -0.39 is 30.0 Å². The van der Waals surface area contributed by atoms with Crippen molar-refractivity contribution < 1.29 is 25.9 Å². The second-order valence-corrected chi connectivity index (χ2v) is 9.97. The maximum Gasteiger partial charge on any atom is 0.296 e. The van der Waals surface area contributed by atoms with Gasteiger partial charge in [0.25, 0.3) is 20.2 Å². The van der Waals surface area contributed by atoms with Gasteiger partial charge in [0.15, 0.2) is 0 Å². The van der Waals surface area contributed by atoms with E-state index in [1.165, 1.54) is 42.5 Å². The van der Waals surface area contributed by atoms with Crippen LogP contribution in [-0.2, 0) is 20.2 Å². The lowest BCUT2D eigenvalue weighted by atomic mass is 10.1. The summed E-state index contributed by atoms with van der Waals surface area (Å²) in [6, 6.07) is 19.5. The van der Waals surface area contributed by atoms with Crippen molar-refractivity contribution in [3.05, 3.63) is 78.9 Å². The van der Waals surface area contributed by atoms with Gasteiger partial charge in [-0.25, -0.2) is 0 Å². The number of fused-ring (bicyclic) bond motifs is 1. The molecule has 0 fully saturated rings. The summed E-state index contributed by atoms with van der Waals surface area (Å²) in [7, 11) is -9.28. The molecule has 0 saturated carbocycles. The maximum absolute atomic E-state index is 12.0. The Morgan fingerprint density at radius 2 is 1.23 bits per heavy atom. The zero-order chi connectivity index (χ0) is 25.2. The Labute approximate surface area is 200 Å². The minimum absolute atomic E-state index is 0.0399. The Morgan fingerprint density at radius 1 is 0.600 bits per heavy atom. The first-order valence-electron chi connectivity index (χ1n) is 9.83. The van der Waals surface area contributed by atoms with E-state index in [4.69, 9.17) is 5.73 Å². The molecule has 0 atom stereocenters. The van der Waals surface area contributed by atoms with Gasteiger partial charge in [0.2, 0.25) is 0 Å². The number of nitrogens with two attached hydrogens (primary N) is 1. The van der Waals surface area contributed by atoms with E-state index in [0.29, 0.717) is 5.69 Å². The number of anilines is 1. The van der Waals surface area contributed by atoms with Crippen molar-refractivity contribution in [2.45, 2.75) is 9.79 Å². The molecule has 0 radical (unpaired) electrons. The van der Waals surface area contributed by atoms with Crippen molar-refractivity contribution in [1.82, 2.24) is 0 Å². The van der Waals surface area contributed by atoms with E-state index in [9.17, 15) is 25.9 Å². The van der Waals surface area contributed by atoms with E-state index in [1.54, 1.807) is 24.3 Å². The Balaban J connectivity index is 1.78. The van der Waals surface area contributed by atoms with Crippen LogP contribution < -0.4 is 5.73 Å². The molecule has 35 heavy (non-hydrogen) atoms. The molecule has 178 valence electrons. The number of hydrogen-bond acceptors (Lipinski definition) is 9. The van der Waals surface area contributed by atoms with Gasteiger partial charge in [0.1, 0.15) is 15.5 Å². The van der Waals surface area contributed by atoms with Crippen LogP contribution in [0.15, 0.2) is 109 Å². The molecule has 0 aliphatic heterocycles. The largest absolute Gasteiger partial charge is 0.398 e. The average Bonchev–Trinajstić information content (AvgIpc) is 2.82. The standard InChI is InChI=1S/C22H17N5O6S2/c23-17-10-12-18(16-7-4-8-20(22(16)17)34(28,29)30)26-27-19-11-9-15(13-21(19)35(31,32)33)25-24-14-5-2-1-3-6-14/h1-13H,23H2,(H,28,29,30)(H,31,32,33)/b25-24+,27-26+. The quantitative estimate of drug-likeness (QED) is 0.167. The van der Waals surface area contributed by atoms with Crippen LogP contribution in [0.2, 0.25) is 0 Å². The van der Waals surface area contributed by atoms with E-state index in [-0.39, 0.29) is 33.5 Å². The van der Waals surface area contributed by atoms with Crippen molar-refractivity contribution >= 4 is 59.4 Å². The first-order valence-corrected chi connectivity index (χ1v) is 12.7. The Bertz CT molecular complexity index is 1700. The van der Waals surface area contributed by atoms with E-state index >= 15 is 0 Å². The fourth-order valence-electron chi connectivity index (χ4n) is 3.26. The number of nitrogen functional groups attached to an aromatic ring is 1. The van der Waals surface area contributed by atoms with Gasteiger partial charge < -0.3 is 5.73 Å². The number of azo groups is 2. The van der Waals surface area contributed by atoms with Crippen molar-refractivity contribution in [1.29, 1.82) is 0 Å². The molecule has 0 amide bonds. The third-order valence-electron chi connectivity index (χ3n) is 4.81. The highest BCUT2D eigenvalue weighted by molar-refractivity contribution is 7.86. The zero-order valence-corrected chi connectivity index (χ0v) is 19.3. The van der Waals surface area contributed by atoms with Gasteiger partial charge in [-0.1, -0.05) is 30.3 Å². The van der Waals surface area contributed by atoms with Crippen molar-refractivity contribution in [2.75, 3.05) is 5.73 Å². The monoisotopic (exact) mass is 511 g/mol. The molecule has 4 rings (SSSR count). The molecule has 0 spiro atoms. The van der Waals surface area contributed by atoms with Crippen LogP contribution in [0.5, 0.6) is 0 Å². The van der Waals surface area contributed by atoms with Gasteiger partial charge >= 0.3 is 0 Å². The third kappa shape index (κ3) is 5.38. The highest BCUT2D eigenvalue weighted by Gasteiger charge is 2.19. The summed E-state index contributed by atoms with van der Waals surface area (Å²) < 4.78 is 66.7. The molecule has 0 aliphatic rings. The summed E-state index contributed by atoms with van der Waals surface area (Å²) in [4.78, 5) is -0.958. The maximum atomic E-state index is 12.0. The molecule has 13 heteroatoms. The molecule has 0 saturated heterocycles. The van der Waals surface area contributed by atoms with Crippen LogP contribution in [0.4, 0.5) is 28.4 Å². The molecule has 0 heterocycles. The van der Waals surface area contributed by atoms with Crippen molar-refractivity contribution in [2.24, 2.45) is 20.5 Å². The molecule has 0 bridgehead atoms. The number of hydrogen-bond donors (Lipinski definition) is 3. The molecular weight excluding hydrogens is 494 g/mol. The summed E-state index contributed by atoms with van der Waals surface area (Å²) in [5.41, 5.74) is 6.65. The lowest BCUT2D eigenvalue weighted by molar-refractivity contribution is 0.481. The predicted molar refractivity (Wildman–Crippen MR) is 129 cm³/mol. The Morgan fingerprint density at radius 3 is 1.91 bits per heavy atom. The summed E-state index contributed by atoms with van der Waals surface area (Å²) in [5, 5.41) is 16.2. The molecule has 11 nitrogen and oxygen atoms in total. The van der Waals surface area contributed by atoms with Crippen molar-refractivity contribution in [3.8, 4) is 0 Å². The number of nitrogens with zero attached hydrogens (tertiary/aromatic N) is 4. The summed E-state index contributed by atoms with van der Waals surface area (Å²) in [6.07, 6.45) is 0.